The number of nitrogens with one attached hydrogen (secondary N) is 1. The molecule has 1 atom stereocenters. The Bertz CT molecular complexity index is 346. The minimum atomic E-state index is -0.929. The van der Waals surface area contributed by atoms with Crippen molar-refractivity contribution in [2.24, 2.45) is 0 Å². The van der Waals surface area contributed by atoms with Crippen molar-refractivity contribution >= 4 is 21.9 Å². The van der Waals surface area contributed by atoms with Gasteiger partial charge in [0.2, 0.25) is 0 Å². The summed E-state index contributed by atoms with van der Waals surface area (Å²) in [5.74, 6) is -0.929. The lowest BCUT2D eigenvalue weighted by Crippen LogP contribution is -2.34. The van der Waals surface area contributed by atoms with Gasteiger partial charge in [0.05, 0.1) is 0 Å². The van der Waals surface area contributed by atoms with Crippen molar-refractivity contribution in [2.45, 2.75) is 6.17 Å². The summed E-state index contributed by atoms with van der Waals surface area (Å²) in [5.41, 5.74) is 0.256. The van der Waals surface area contributed by atoms with E-state index < -0.39 is 5.97 Å². The van der Waals surface area contributed by atoms with Gasteiger partial charge in [-0.15, -0.1) is 0 Å². The van der Waals surface area contributed by atoms with E-state index in [1.54, 1.807) is 11.1 Å². The zero-order valence-corrected chi connectivity index (χ0v) is 8.15. The van der Waals surface area contributed by atoms with Crippen molar-refractivity contribution in [3.05, 3.63) is 34.7 Å². The summed E-state index contributed by atoms with van der Waals surface area (Å²) < 4.78 is 0.861. The maximum absolute atomic E-state index is 10.7. The first-order valence-electron chi connectivity index (χ1n) is 3.72. The number of halogens is 1. The van der Waals surface area contributed by atoms with Gasteiger partial charge in [-0.05, 0) is 28.1 Å². The molecule has 0 amide bonds. The van der Waals surface area contributed by atoms with Crippen molar-refractivity contribution in [3.63, 3.8) is 0 Å². The van der Waals surface area contributed by atoms with Crippen LogP contribution in [0, 0.1) is 0 Å². The zero-order chi connectivity index (χ0) is 9.42. The van der Waals surface area contributed by atoms with Gasteiger partial charge in [0.15, 0.2) is 0 Å². The van der Waals surface area contributed by atoms with E-state index in [9.17, 15) is 4.79 Å². The van der Waals surface area contributed by atoms with Crippen molar-refractivity contribution in [3.8, 4) is 0 Å². The summed E-state index contributed by atoms with van der Waals surface area (Å²) in [4.78, 5) is 12.4. The van der Waals surface area contributed by atoms with E-state index in [0.717, 1.165) is 4.48 Å². The predicted molar refractivity (Wildman–Crippen MR) is 50.6 cm³/mol. The van der Waals surface area contributed by atoms with E-state index in [1.807, 2.05) is 12.2 Å². The summed E-state index contributed by atoms with van der Waals surface area (Å²) in [7, 11) is 0. The molecule has 2 N–H and O–H groups in total. The van der Waals surface area contributed by atoms with E-state index in [0.29, 0.717) is 0 Å². The Balaban J connectivity index is 2.29. The summed E-state index contributed by atoms with van der Waals surface area (Å²) in [5, 5.41) is 11.8. The van der Waals surface area contributed by atoms with Gasteiger partial charge >= 0.3 is 5.97 Å². The molecular formula is C8H7BrN2O2. The number of aliphatic carboxylic acids is 1. The predicted octanol–water partition coefficient (Wildman–Crippen LogP) is 0.950. The second kappa shape index (κ2) is 2.92. The van der Waals surface area contributed by atoms with Crippen LogP contribution >= 0.6 is 15.9 Å². The summed E-state index contributed by atoms with van der Waals surface area (Å²) in [6.07, 6.45) is 6.94. The first kappa shape index (κ1) is 8.37. The number of fused-ring (bicyclic) bond motifs is 1. The van der Waals surface area contributed by atoms with Crippen LogP contribution in [0.1, 0.15) is 0 Å². The molecule has 0 aromatic carbocycles. The van der Waals surface area contributed by atoms with Crippen LogP contribution in [0.5, 0.6) is 0 Å². The highest BCUT2D eigenvalue weighted by Gasteiger charge is 2.28. The maximum atomic E-state index is 10.7. The number of rotatable bonds is 1. The highest BCUT2D eigenvalue weighted by molar-refractivity contribution is 9.11. The first-order chi connectivity index (χ1) is 6.18. The largest absolute Gasteiger partial charge is 0.477 e. The molecule has 0 saturated carbocycles. The molecule has 2 rings (SSSR count). The van der Waals surface area contributed by atoms with Crippen LogP contribution in [-0.2, 0) is 4.79 Å². The fourth-order valence-corrected chi connectivity index (χ4v) is 1.67. The van der Waals surface area contributed by atoms with Crippen LogP contribution in [0.4, 0.5) is 0 Å². The highest BCUT2D eigenvalue weighted by atomic mass is 79.9. The van der Waals surface area contributed by atoms with Gasteiger partial charge in [-0.2, -0.15) is 0 Å². The maximum Gasteiger partial charge on any atom is 0.354 e. The quantitative estimate of drug-likeness (QED) is 0.719. The summed E-state index contributed by atoms with van der Waals surface area (Å²) in [6, 6.07) is 0. The van der Waals surface area contributed by atoms with E-state index in [2.05, 4.69) is 21.2 Å². The average Bonchev–Trinajstić information content (AvgIpc) is 2.46. The van der Waals surface area contributed by atoms with Crippen molar-refractivity contribution in [2.75, 3.05) is 0 Å². The van der Waals surface area contributed by atoms with Crippen LogP contribution in [-0.4, -0.2) is 22.1 Å². The molecule has 0 aromatic rings. The number of allylic oxidation sites excluding steroid dienone is 2. The van der Waals surface area contributed by atoms with Gasteiger partial charge in [-0.3, -0.25) is 0 Å². The minimum Gasteiger partial charge on any atom is -0.477 e. The van der Waals surface area contributed by atoms with Crippen molar-refractivity contribution in [1.82, 2.24) is 10.2 Å². The van der Waals surface area contributed by atoms with Gasteiger partial charge in [-0.25, -0.2) is 4.79 Å². The van der Waals surface area contributed by atoms with Crippen LogP contribution in [0.2, 0.25) is 0 Å². The second-order valence-electron chi connectivity index (χ2n) is 2.73. The Labute approximate surface area is 83.3 Å². The molecule has 2 heterocycles. The Morgan fingerprint density at radius 1 is 1.69 bits per heavy atom. The van der Waals surface area contributed by atoms with E-state index in [-0.39, 0.29) is 11.9 Å². The van der Waals surface area contributed by atoms with Crippen LogP contribution < -0.4 is 5.32 Å². The Morgan fingerprint density at radius 3 is 3.15 bits per heavy atom. The SMILES string of the molecule is O=C(O)C1=CNC2C=CC(Br)=CN12. The third-order valence-electron chi connectivity index (χ3n) is 1.89. The standard InChI is InChI=1S/C8H7BrN2O2/c9-5-1-2-7-10-3-6(8(12)13)11(7)4-5/h1-4,7,10H,(H,12,13). The summed E-state index contributed by atoms with van der Waals surface area (Å²) in [6.45, 7) is 0. The Hall–Kier alpha value is -1.23. The van der Waals surface area contributed by atoms with Gasteiger partial charge in [-0.1, -0.05) is 0 Å². The number of nitrogens with zero attached hydrogens (tertiary/aromatic N) is 1. The summed E-state index contributed by atoms with van der Waals surface area (Å²) >= 11 is 3.29. The zero-order valence-electron chi connectivity index (χ0n) is 6.57. The lowest BCUT2D eigenvalue weighted by Gasteiger charge is -2.24. The van der Waals surface area contributed by atoms with E-state index in [4.69, 9.17) is 5.11 Å². The number of carboxylic acid groups (broad SMARTS) is 1. The van der Waals surface area contributed by atoms with Crippen LogP contribution in [0.25, 0.3) is 0 Å². The Morgan fingerprint density at radius 2 is 2.46 bits per heavy atom. The van der Waals surface area contributed by atoms with Gasteiger partial charge in [0.1, 0.15) is 11.9 Å². The van der Waals surface area contributed by atoms with Gasteiger partial charge in [0, 0.05) is 16.9 Å². The smallest absolute Gasteiger partial charge is 0.354 e. The topological polar surface area (TPSA) is 52.6 Å². The molecule has 0 fully saturated rings. The third-order valence-corrected chi connectivity index (χ3v) is 2.36. The monoisotopic (exact) mass is 242 g/mol. The molecule has 2 aliphatic rings. The third kappa shape index (κ3) is 1.35. The normalized spacial score (nSPS) is 24.7. The molecule has 0 aliphatic carbocycles. The highest BCUT2D eigenvalue weighted by Crippen LogP contribution is 2.24. The molecule has 0 bridgehead atoms. The van der Waals surface area contributed by atoms with Crippen LogP contribution in [0.15, 0.2) is 34.7 Å². The minimum absolute atomic E-state index is 0.0626. The number of carboxylic acids is 1. The number of hydrogen-bond donors (Lipinski definition) is 2. The Kier molecular flexibility index (Phi) is 1.88. The lowest BCUT2D eigenvalue weighted by molar-refractivity contribution is -0.134. The van der Waals surface area contributed by atoms with Gasteiger partial charge in [0.25, 0.3) is 0 Å². The molecule has 0 spiro atoms. The molecular weight excluding hydrogens is 236 g/mol. The van der Waals surface area contributed by atoms with E-state index in [1.165, 1.54) is 6.20 Å². The molecule has 2 aliphatic heterocycles. The second-order valence-corrected chi connectivity index (χ2v) is 3.64. The molecule has 4 nitrogen and oxygen atoms in total. The molecule has 5 heteroatoms. The van der Waals surface area contributed by atoms with Crippen molar-refractivity contribution in [1.29, 1.82) is 0 Å². The average molecular weight is 243 g/mol. The van der Waals surface area contributed by atoms with E-state index >= 15 is 0 Å². The molecule has 0 aromatic heterocycles. The van der Waals surface area contributed by atoms with Crippen molar-refractivity contribution < 1.29 is 9.90 Å². The molecule has 68 valence electrons. The van der Waals surface area contributed by atoms with Crippen LogP contribution in [0.3, 0.4) is 0 Å². The molecule has 13 heavy (non-hydrogen) atoms. The number of carbonyl (C=O) groups is 1. The molecule has 0 saturated heterocycles. The number of hydrogen-bond acceptors (Lipinski definition) is 3. The fraction of sp³-hybridized carbons (Fsp3) is 0.125. The van der Waals surface area contributed by atoms with Gasteiger partial charge < -0.3 is 15.3 Å². The first-order valence-corrected chi connectivity index (χ1v) is 4.51. The lowest BCUT2D eigenvalue weighted by atomic mass is 10.3. The fourth-order valence-electron chi connectivity index (χ4n) is 1.30. The molecule has 1 unspecified atom stereocenters. The molecule has 0 radical (unpaired) electrons.